The summed E-state index contributed by atoms with van der Waals surface area (Å²) in [4.78, 5) is 14.4. The fourth-order valence-electron chi connectivity index (χ4n) is 3.14. The van der Waals surface area contributed by atoms with E-state index in [0.29, 0.717) is 44.1 Å². The van der Waals surface area contributed by atoms with Crippen LogP contribution in [0.3, 0.4) is 0 Å². The molecule has 0 bridgehead atoms. The lowest BCUT2D eigenvalue weighted by molar-refractivity contribution is -0.135. The minimum Gasteiger partial charge on any atom is -0.397 e. The van der Waals surface area contributed by atoms with Crippen molar-refractivity contribution >= 4 is 11.6 Å². The van der Waals surface area contributed by atoms with Gasteiger partial charge in [0, 0.05) is 25.2 Å². The van der Waals surface area contributed by atoms with Crippen molar-refractivity contribution in [2.45, 2.75) is 19.9 Å². The molecule has 130 valence electrons. The zero-order valence-corrected chi connectivity index (χ0v) is 14.4. The monoisotopic (exact) mass is 338 g/mol. The molecule has 2 N–H and O–H groups in total. The van der Waals surface area contributed by atoms with Crippen molar-refractivity contribution in [3.05, 3.63) is 52.8 Å². The SMILES string of the molecule is Cc1cccc(Cc2c(N)cc(C#N)n2CC(=O)N2CCOCC2)c1. The summed E-state index contributed by atoms with van der Waals surface area (Å²) >= 11 is 0. The molecule has 1 aliphatic heterocycles. The number of hydrogen-bond donors (Lipinski definition) is 1. The Kier molecular flexibility index (Phi) is 5.05. The summed E-state index contributed by atoms with van der Waals surface area (Å²) in [7, 11) is 0. The van der Waals surface area contributed by atoms with Gasteiger partial charge in [-0.1, -0.05) is 29.8 Å². The summed E-state index contributed by atoms with van der Waals surface area (Å²) in [6.07, 6.45) is 0.589. The average Bonchev–Trinajstić information content (AvgIpc) is 2.91. The van der Waals surface area contributed by atoms with Crippen LogP contribution in [0.15, 0.2) is 30.3 Å². The molecule has 2 heterocycles. The van der Waals surface area contributed by atoms with Gasteiger partial charge in [0.1, 0.15) is 18.3 Å². The number of hydrogen-bond acceptors (Lipinski definition) is 4. The number of ether oxygens (including phenoxy) is 1. The van der Waals surface area contributed by atoms with E-state index < -0.39 is 0 Å². The Hall–Kier alpha value is -2.78. The molecule has 3 rings (SSSR count). The van der Waals surface area contributed by atoms with Gasteiger partial charge in [0.2, 0.25) is 5.91 Å². The van der Waals surface area contributed by atoms with Crippen molar-refractivity contribution < 1.29 is 9.53 Å². The lowest BCUT2D eigenvalue weighted by Gasteiger charge is -2.27. The second kappa shape index (κ2) is 7.41. The molecular weight excluding hydrogens is 316 g/mol. The quantitative estimate of drug-likeness (QED) is 0.919. The first-order valence-corrected chi connectivity index (χ1v) is 8.37. The molecule has 1 aromatic heterocycles. The van der Waals surface area contributed by atoms with Gasteiger partial charge in [-0.15, -0.1) is 0 Å². The molecular formula is C19H22N4O2. The minimum atomic E-state index is -0.0131. The Bertz CT molecular complexity index is 813. The Morgan fingerprint density at radius 1 is 1.32 bits per heavy atom. The molecule has 0 radical (unpaired) electrons. The average molecular weight is 338 g/mol. The summed E-state index contributed by atoms with van der Waals surface area (Å²) in [6, 6.07) is 12.0. The zero-order valence-electron chi connectivity index (χ0n) is 14.4. The fraction of sp³-hybridized carbons (Fsp3) is 0.368. The van der Waals surface area contributed by atoms with Gasteiger partial charge in [-0.2, -0.15) is 5.26 Å². The van der Waals surface area contributed by atoms with Crippen molar-refractivity contribution in [3.63, 3.8) is 0 Å². The number of carbonyl (C=O) groups excluding carboxylic acids is 1. The van der Waals surface area contributed by atoms with Gasteiger partial charge in [-0.25, -0.2) is 0 Å². The number of morpholine rings is 1. The predicted molar refractivity (Wildman–Crippen MR) is 94.9 cm³/mol. The number of nitrogens with two attached hydrogens (primary N) is 1. The lowest BCUT2D eigenvalue weighted by Crippen LogP contribution is -2.42. The first-order valence-electron chi connectivity index (χ1n) is 8.37. The summed E-state index contributed by atoms with van der Waals surface area (Å²) < 4.78 is 7.04. The maximum Gasteiger partial charge on any atom is 0.242 e. The molecule has 0 atom stereocenters. The van der Waals surface area contributed by atoms with Crippen LogP contribution in [0.2, 0.25) is 0 Å². The van der Waals surface area contributed by atoms with Gasteiger partial charge in [-0.05, 0) is 18.6 Å². The van der Waals surface area contributed by atoms with Gasteiger partial charge in [0.25, 0.3) is 0 Å². The second-order valence-corrected chi connectivity index (χ2v) is 6.29. The number of aromatic nitrogens is 1. The molecule has 0 unspecified atom stereocenters. The van der Waals surface area contributed by atoms with E-state index in [4.69, 9.17) is 10.5 Å². The van der Waals surface area contributed by atoms with Crippen LogP contribution in [0.25, 0.3) is 0 Å². The number of rotatable bonds is 4. The lowest BCUT2D eigenvalue weighted by atomic mass is 10.1. The van der Waals surface area contributed by atoms with Crippen LogP contribution < -0.4 is 5.73 Å². The number of amides is 1. The normalized spacial score (nSPS) is 14.3. The maximum atomic E-state index is 12.6. The van der Waals surface area contributed by atoms with Crippen LogP contribution in [-0.4, -0.2) is 41.7 Å². The topological polar surface area (TPSA) is 84.3 Å². The summed E-state index contributed by atoms with van der Waals surface area (Å²) in [6.45, 7) is 4.45. The van der Waals surface area contributed by atoms with Crippen LogP contribution in [0.1, 0.15) is 22.5 Å². The molecule has 25 heavy (non-hydrogen) atoms. The number of nitriles is 1. The van der Waals surface area contributed by atoms with Gasteiger partial charge in [-0.3, -0.25) is 4.79 Å². The van der Waals surface area contributed by atoms with E-state index in [1.807, 2.05) is 25.1 Å². The Morgan fingerprint density at radius 3 is 2.76 bits per heavy atom. The molecule has 0 spiro atoms. The molecule has 1 fully saturated rings. The zero-order chi connectivity index (χ0) is 17.8. The standard InChI is InChI=1S/C19H22N4O2/c1-14-3-2-4-15(9-14)10-18-17(21)11-16(12-20)23(18)13-19(24)22-5-7-25-8-6-22/h2-4,9,11H,5-8,10,13,21H2,1H3. The van der Waals surface area contributed by atoms with Crippen LogP contribution in [-0.2, 0) is 22.5 Å². The minimum absolute atomic E-state index is 0.0131. The highest BCUT2D eigenvalue weighted by molar-refractivity contribution is 5.77. The number of nitrogen functional groups attached to an aromatic ring is 1. The predicted octanol–water partition coefficient (Wildman–Crippen LogP) is 1.70. The molecule has 1 saturated heterocycles. The highest BCUT2D eigenvalue weighted by Crippen LogP contribution is 2.22. The number of benzene rings is 1. The van der Waals surface area contributed by atoms with E-state index in [1.165, 1.54) is 5.56 Å². The van der Waals surface area contributed by atoms with Crippen molar-refractivity contribution in [2.75, 3.05) is 32.0 Å². The van der Waals surface area contributed by atoms with E-state index in [0.717, 1.165) is 11.3 Å². The van der Waals surface area contributed by atoms with Crippen LogP contribution in [0, 0.1) is 18.3 Å². The molecule has 0 aliphatic carbocycles. The summed E-state index contributed by atoms with van der Waals surface area (Å²) in [5.74, 6) is -0.0131. The van der Waals surface area contributed by atoms with Gasteiger partial charge in [0.05, 0.1) is 18.9 Å². The number of nitrogens with zero attached hydrogens (tertiary/aromatic N) is 3. The van der Waals surface area contributed by atoms with Crippen molar-refractivity contribution in [2.24, 2.45) is 0 Å². The van der Waals surface area contributed by atoms with Crippen LogP contribution in [0.5, 0.6) is 0 Å². The third-order valence-corrected chi connectivity index (χ3v) is 4.47. The van der Waals surface area contributed by atoms with E-state index >= 15 is 0 Å². The maximum absolute atomic E-state index is 12.6. The number of carbonyl (C=O) groups is 1. The smallest absolute Gasteiger partial charge is 0.242 e. The Labute approximate surface area is 147 Å². The van der Waals surface area contributed by atoms with Gasteiger partial charge >= 0.3 is 0 Å². The van der Waals surface area contributed by atoms with Crippen LogP contribution >= 0.6 is 0 Å². The number of aryl methyl sites for hydroxylation is 1. The van der Waals surface area contributed by atoms with E-state index in [2.05, 4.69) is 12.1 Å². The fourth-order valence-corrected chi connectivity index (χ4v) is 3.14. The van der Waals surface area contributed by atoms with Crippen molar-refractivity contribution in [1.29, 1.82) is 5.26 Å². The Morgan fingerprint density at radius 2 is 2.08 bits per heavy atom. The molecule has 1 amide bonds. The third-order valence-electron chi connectivity index (χ3n) is 4.47. The van der Waals surface area contributed by atoms with Gasteiger partial charge < -0.3 is 19.9 Å². The summed E-state index contributed by atoms with van der Waals surface area (Å²) in [5, 5.41) is 9.42. The third kappa shape index (κ3) is 3.83. The van der Waals surface area contributed by atoms with Crippen LogP contribution in [0.4, 0.5) is 5.69 Å². The largest absolute Gasteiger partial charge is 0.397 e. The van der Waals surface area contributed by atoms with Crippen molar-refractivity contribution in [1.82, 2.24) is 9.47 Å². The molecule has 6 nitrogen and oxygen atoms in total. The Balaban J connectivity index is 1.87. The highest BCUT2D eigenvalue weighted by atomic mass is 16.5. The van der Waals surface area contributed by atoms with E-state index in [1.54, 1.807) is 15.5 Å². The second-order valence-electron chi connectivity index (χ2n) is 6.29. The molecule has 0 saturated carbocycles. The molecule has 1 aliphatic rings. The molecule has 1 aromatic carbocycles. The first-order chi connectivity index (χ1) is 12.1. The molecule has 2 aromatic rings. The molecule has 6 heteroatoms. The van der Waals surface area contributed by atoms with Crippen molar-refractivity contribution in [3.8, 4) is 6.07 Å². The van der Waals surface area contributed by atoms with Gasteiger partial charge in [0.15, 0.2) is 0 Å². The highest BCUT2D eigenvalue weighted by Gasteiger charge is 2.21. The van der Waals surface area contributed by atoms with E-state index in [-0.39, 0.29) is 12.5 Å². The van der Waals surface area contributed by atoms with E-state index in [9.17, 15) is 10.1 Å². The first kappa shape index (κ1) is 17.1. The summed E-state index contributed by atoms with van der Waals surface area (Å²) in [5.41, 5.74) is 10.2. The number of anilines is 1.